The van der Waals surface area contributed by atoms with E-state index in [9.17, 15) is 0 Å². The molecule has 2 nitrogen and oxygen atoms in total. The first-order valence-electron chi connectivity index (χ1n) is 4.96. The topological polar surface area (TPSA) is 24.1 Å². The van der Waals surface area contributed by atoms with E-state index in [2.05, 4.69) is 41.0 Å². The molecule has 1 aromatic carbocycles. The van der Waals surface area contributed by atoms with Crippen molar-refractivity contribution in [2.45, 2.75) is 12.5 Å². The summed E-state index contributed by atoms with van der Waals surface area (Å²) in [5.41, 5.74) is 1.41. The maximum atomic E-state index is 3.54. The number of benzene rings is 1. The van der Waals surface area contributed by atoms with Gasteiger partial charge in [0.1, 0.15) is 0 Å². The fraction of sp³-hybridized carbons (Fsp3) is 0.455. The fourth-order valence-electron chi connectivity index (χ4n) is 1.78. The van der Waals surface area contributed by atoms with Crippen molar-refractivity contribution in [1.82, 2.24) is 10.6 Å². The van der Waals surface area contributed by atoms with Gasteiger partial charge in [0.05, 0.1) is 0 Å². The van der Waals surface area contributed by atoms with E-state index >= 15 is 0 Å². The van der Waals surface area contributed by atoms with Gasteiger partial charge < -0.3 is 10.6 Å². The van der Waals surface area contributed by atoms with Crippen molar-refractivity contribution in [1.29, 1.82) is 0 Å². The summed E-state index contributed by atoms with van der Waals surface area (Å²) >= 11 is 0. The molecule has 1 saturated heterocycles. The Kier molecular flexibility index (Phi) is 2.95. The summed E-state index contributed by atoms with van der Waals surface area (Å²) in [4.78, 5) is 0. The van der Waals surface area contributed by atoms with Crippen LogP contribution >= 0.6 is 0 Å². The molecule has 1 aliphatic rings. The average molecular weight is 176 g/mol. The SMILES string of the molecule is c1ccc(C2CCNCCN2)cc1. The van der Waals surface area contributed by atoms with Gasteiger partial charge in [-0.15, -0.1) is 0 Å². The van der Waals surface area contributed by atoms with Gasteiger partial charge in [-0.3, -0.25) is 0 Å². The second-order valence-corrected chi connectivity index (χ2v) is 3.46. The second-order valence-electron chi connectivity index (χ2n) is 3.46. The second kappa shape index (κ2) is 4.40. The molecule has 1 heterocycles. The van der Waals surface area contributed by atoms with Crippen LogP contribution in [0.4, 0.5) is 0 Å². The molecule has 2 N–H and O–H groups in total. The molecule has 1 unspecified atom stereocenters. The minimum atomic E-state index is 0.538. The molecule has 2 rings (SSSR count). The van der Waals surface area contributed by atoms with Gasteiger partial charge in [-0.25, -0.2) is 0 Å². The van der Waals surface area contributed by atoms with Crippen LogP contribution in [-0.4, -0.2) is 19.6 Å². The van der Waals surface area contributed by atoms with Gasteiger partial charge in [0.15, 0.2) is 0 Å². The van der Waals surface area contributed by atoms with E-state index in [1.54, 1.807) is 0 Å². The lowest BCUT2D eigenvalue weighted by Crippen LogP contribution is -2.23. The van der Waals surface area contributed by atoms with E-state index < -0.39 is 0 Å². The molecule has 0 radical (unpaired) electrons. The van der Waals surface area contributed by atoms with Crippen molar-refractivity contribution in [2.75, 3.05) is 19.6 Å². The molecular formula is C11H16N2. The number of hydrogen-bond acceptors (Lipinski definition) is 2. The third-order valence-electron chi connectivity index (χ3n) is 2.50. The van der Waals surface area contributed by atoms with Crippen LogP contribution in [0.15, 0.2) is 30.3 Å². The van der Waals surface area contributed by atoms with Crippen molar-refractivity contribution in [3.8, 4) is 0 Å². The van der Waals surface area contributed by atoms with Gasteiger partial charge in [0, 0.05) is 19.1 Å². The summed E-state index contributed by atoms with van der Waals surface area (Å²) in [6.45, 7) is 3.27. The average Bonchev–Trinajstić information content (AvgIpc) is 2.47. The van der Waals surface area contributed by atoms with Gasteiger partial charge in [-0.2, -0.15) is 0 Å². The first-order valence-corrected chi connectivity index (χ1v) is 4.96. The molecule has 13 heavy (non-hydrogen) atoms. The Labute approximate surface area is 79.4 Å². The molecule has 1 atom stereocenters. The van der Waals surface area contributed by atoms with E-state index in [4.69, 9.17) is 0 Å². The lowest BCUT2D eigenvalue weighted by atomic mass is 10.0. The van der Waals surface area contributed by atoms with Crippen LogP contribution in [0.25, 0.3) is 0 Å². The van der Waals surface area contributed by atoms with Crippen LogP contribution < -0.4 is 10.6 Å². The van der Waals surface area contributed by atoms with E-state index in [-0.39, 0.29) is 0 Å². The van der Waals surface area contributed by atoms with Crippen LogP contribution in [0.3, 0.4) is 0 Å². The van der Waals surface area contributed by atoms with Crippen molar-refractivity contribution in [2.24, 2.45) is 0 Å². The first kappa shape index (κ1) is 8.73. The molecule has 70 valence electrons. The molecule has 1 aromatic rings. The third kappa shape index (κ3) is 2.29. The van der Waals surface area contributed by atoms with E-state index in [0.717, 1.165) is 19.6 Å². The number of hydrogen-bond donors (Lipinski definition) is 2. The maximum Gasteiger partial charge on any atom is 0.0332 e. The lowest BCUT2D eigenvalue weighted by molar-refractivity contribution is 0.549. The highest BCUT2D eigenvalue weighted by molar-refractivity contribution is 5.19. The molecule has 0 aromatic heterocycles. The molecule has 2 heteroatoms. The highest BCUT2D eigenvalue weighted by Gasteiger charge is 2.11. The van der Waals surface area contributed by atoms with Crippen molar-refractivity contribution in [3.05, 3.63) is 35.9 Å². The van der Waals surface area contributed by atoms with Crippen LogP contribution in [0.2, 0.25) is 0 Å². The Morgan fingerprint density at radius 1 is 1.00 bits per heavy atom. The van der Waals surface area contributed by atoms with Gasteiger partial charge in [-0.05, 0) is 18.5 Å². The predicted octanol–water partition coefficient (Wildman–Crippen LogP) is 1.31. The summed E-state index contributed by atoms with van der Waals surface area (Å²) in [5, 5.41) is 6.92. The number of nitrogens with one attached hydrogen (secondary N) is 2. The summed E-state index contributed by atoms with van der Waals surface area (Å²) < 4.78 is 0. The third-order valence-corrected chi connectivity index (χ3v) is 2.50. The Bertz CT molecular complexity index is 238. The molecule has 0 aliphatic carbocycles. The quantitative estimate of drug-likeness (QED) is 0.674. The van der Waals surface area contributed by atoms with Crippen LogP contribution in [-0.2, 0) is 0 Å². The molecule has 0 spiro atoms. The molecule has 0 amide bonds. The normalized spacial score (nSPS) is 23.8. The smallest absolute Gasteiger partial charge is 0.0332 e. The van der Waals surface area contributed by atoms with E-state index in [0.29, 0.717) is 6.04 Å². The summed E-state index contributed by atoms with van der Waals surface area (Å²) in [5.74, 6) is 0. The Morgan fingerprint density at radius 3 is 2.69 bits per heavy atom. The van der Waals surface area contributed by atoms with Crippen LogP contribution in [0.5, 0.6) is 0 Å². The van der Waals surface area contributed by atoms with Crippen molar-refractivity contribution in [3.63, 3.8) is 0 Å². The van der Waals surface area contributed by atoms with Crippen molar-refractivity contribution >= 4 is 0 Å². The van der Waals surface area contributed by atoms with Gasteiger partial charge in [0.2, 0.25) is 0 Å². The Hall–Kier alpha value is -0.860. The summed E-state index contributed by atoms with van der Waals surface area (Å²) in [6, 6.07) is 11.2. The monoisotopic (exact) mass is 176 g/mol. The molecular weight excluding hydrogens is 160 g/mol. The zero-order valence-corrected chi connectivity index (χ0v) is 7.79. The Morgan fingerprint density at radius 2 is 1.85 bits per heavy atom. The molecule has 0 saturated carbocycles. The van der Waals surface area contributed by atoms with E-state index in [1.165, 1.54) is 12.0 Å². The maximum absolute atomic E-state index is 3.54. The van der Waals surface area contributed by atoms with E-state index in [1.807, 2.05) is 0 Å². The Balaban J connectivity index is 2.06. The highest BCUT2D eigenvalue weighted by atomic mass is 15.0. The van der Waals surface area contributed by atoms with Gasteiger partial charge in [0.25, 0.3) is 0 Å². The minimum absolute atomic E-state index is 0.538. The standard InChI is InChI=1S/C11H16N2/c1-2-4-10(5-3-1)11-6-7-12-8-9-13-11/h1-5,11-13H,6-9H2. The minimum Gasteiger partial charge on any atom is -0.315 e. The zero-order valence-electron chi connectivity index (χ0n) is 7.79. The fourth-order valence-corrected chi connectivity index (χ4v) is 1.78. The predicted molar refractivity (Wildman–Crippen MR) is 54.7 cm³/mol. The molecule has 0 bridgehead atoms. The first-order chi connectivity index (χ1) is 6.47. The lowest BCUT2D eigenvalue weighted by Gasteiger charge is -2.15. The highest BCUT2D eigenvalue weighted by Crippen LogP contribution is 2.16. The zero-order chi connectivity index (χ0) is 8.93. The largest absolute Gasteiger partial charge is 0.315 e. The van der Waals surface area contributed by atoms with Gasteiger partial charge >= 0.3 is 0 Å². The van der Waals surface area contributed by atoms with Crippen LogP contribution in [0, 0.1) is 0 Å². The van der Waals surface area contributed by atoms with Crippen molar-refractivity contribution < 1.29 is 0 Å². The van der Waals surface area contributed by atoms with Crippen LogP contribution in [0.1, 0.15) is 18.0 Å². The number of rotatable bonds is 1. The molecule has 1 fully saturated rings. The summed E-state index contributed by atoms with van der Waals surface area (Å²) in [6.07, 6.45) is 1.18. The van der Waals surface area contributed by atoms with Gasteiger partial charge in [-0.1, -0.05) is 30.3 Å². The molecule has 1 aliphatic heterocycles. The summed E-state index contributed by atoms with van der Waals surface area (Å²) in [7, 11) is 0.